The zero-order chi connectivity index (χ0) is 86.1. The average Bonchev–Trinajstić information content (AvgIpc) is 1.60. The van der Waals surface area contributed by atoms with Crippen molar-refractivity contribution >= 4 is 23.6 Å². The highest BCUT2D eigenvalue weighted by Gasteiger charge is 2.53. The Morgan fingerprint density at radius 3 is 1.08 bits per heavy atom. The van der Waals surface area contributed by atoms with E-state index in [1.54, 1.807) is 73.6 Å². The number of carbonyl (C=O) groups excluding carboxylic acids is 4. The minimum absolute atomic E-state index is 0.0386. The molecule has 0 radical (unpaired) electrons. The fraction of sp³-hybridized carbons (Fsp3) is 0.333. The van der Waals surface area contributed by atoms with Gasteiger partial charge < -0.3 is 38.5 Å². The van der Waals surface area contributed by atoms with Gasteiger partial charge in [-0.05, 0) is 249 Å². The third kappa shape index (κ3) is 17.6. The lowest BCUT2D eigenvalue weighted by atomic mass is 10.0. The zero-order valence-electron chi connectivity index (χ0n) is 69.8. The molecule has 4 saturated carbocycles. The van der Waals surface area contributed by atoms with Gasteiger partial charge in [-0.3, -0.25) is 54.1 Å². The van der Waals surface area contributed by atoms with Crippen molar-refractivity contribution in [3.63, 3.8) is 0 Å². The van der Waals surface area contributed by atoms with Crippen molar-refractivity contribution in [3.05, 3.63) is 286 Å². The van der Waals surface area contributed by atoms with Crippen LogP contribution in [0.2, 0.25) is 0 Å². The monoisotopic (exact) mass is 1670 g/mol. The number of pyridine rings is 12. The molecule has 28 heteroatoms. The van der Waals surface area contributed by atoms with E-state index in [0.717, 1.165) is 84.7 Å². The number of hydrogen-bond acceptors (Lipinski definition) is 20. The van der Waals surface area contributed by atoms with Crippen molar-refractivity contribution in [1.82, 2.24) is 79.4 Å². The summed E-state index contributed by atoms with van der Waals surface area (Å²) in [5, 5.41) is 0. The van der Waals surface area contributed by atoms with E-state index in [1.807, 2.05) is 124 Å². The summed E-state index contributed by atoms with van der Waals surface area (Å²) < 4.78 is 82.4. The highest BCUT2D eigenvalue weighted by Crippen LogP contribution is 2.46. The zero-order valence-corrected chi connectivity index (χ0v) is 69.8. The van der Waals surface area contributed by atoms with Gasteiger partial charge in [-0.15, -0.1) is 0 Å². The van der Waals surface area contributed by atoms with Crippen LogP contribution in [0.3, 0.4) is 0 Å². The summed E-state index contributed by atoms with van der Waals surface area (Å²) in [5.74, 6) is 1.14. The number of hydrogen-bond donors (Lipinski definition) is 0. The fourth-order valence-corrected chi connectivity index (χ4v) is 18.6. The Labute approximate surface area is 715 Å². The van der Waals surface area contributed by atoms with Crippen LogP contribution in [0.1, 0.15) is 138 Å². The highest BCUT2D eigenvalue weighted by molar-refractivity contribution is 6.02. The van der Waals surface area contributed by atoms with Crippen molar-refractivity contribution in [3.8, 4) is 68.8 Å². The Morgan fingerprint density at radius 1 is 0.315 bits per heavy atom. The van der Waals surface area contributed by atoms with Crippen LogP contribution in [0.4, 0.5) is 17.6 Å². The van der Waals surface area contributed by atoms with E-state index < -0.39 is 23.3 Å². The molecular weight excluding hydrogens is 1580 g/mol. The Morgan fingerprint density at radius 2 is 0.677 bits per heavy atom. The summed E-state index contributed by atoms with van der Waals surface area (Å²) >= 11 is 0. The van der Waals surface area contributed by atoms with Crippen LogP contribution in [0.25, 0.3) is 45.3 Å². The van der Waals surface area contributed by atoms with Gasteiger partial charge in [0.05, 0.1) is 35.3 Å². The van der Waals surface area contributed by atoms with Gasteiger partial charge in [-0.25, -0.2) is 42.5 Å². The lowest BCUT2D eigenvalue weighted by Crippen LogP contribution is -2.47. The number of halogens is 4. The van der Waals surface area contributed by atoms with Crippen molar-refractivity contribution in [1.29, 1.82) is 0 Å². The van der Waals surface area contributed by atoms with E-state index >= 15 is 0 Å². The second-order valence-electron chi connectivity index (χ2n) is 33.6. The van der Waals surface area contributed by atoms with Gasteiger partial charge in [0, 0.05) is 135 Å². The second kappa shape index (κ2) is 35.6. The lowest BCUT2D eigenvalue weighted by Gasteiger charge is -2.33. The summed E-state index contributed by atoms with van der Waals surface area (Å²) in [4.78, 5) is 113. The second-order valence-corrected chi connectivity index (χ2v) is 33.6. The number of aryl methyl sites for hydroxylation is 8. The molecule has 20 rings (SSSR count). The minimum Gasteiger partial charge on any atom is -0.472 e. The topological polar surface area (TPSA) is 273 Å². The summed E-state index contributed by atoms with van der Waals surface area (Å²) in [6.07, 6.45) is 23.1. The predicted molar refractivity (Wildman–Crippen MR) is 452 cm³/mol. The van der Waals surface area contributed by atoms with Gasteiger partial charge in [0.1, 0.15) is 81.6 Å². The lowest BCUT2D eigenvalue weighted by molar-refractivity contribution is 0.0459. The fourth-order valence-electron chi connectivity index (χ4n) is 18.6. The number of piperidine rings is 4. The highest BCUT2D eigenvalue weighted by atomic mass is 19.1. The average molecular weight is 1670 g/mol. The van der Waals surface area contributed by atoms with Crippen molar-refractivity contribution in [2.75, 3.05) is 26.2 Å². The number of aromatic nitrogens is 12. The maximum absolute atomic E-state index is 14.5. The Kier molecular flexibility index (Phi) is 23.8. The molecule has 12 atom stereocenters. The molecule has 12 aromatic heterocycles. The number of amides is 4. The third-order valence-corrected chi connectivity index (χ3v) is 24.5. The van der Waals surface area contributed by atoms with Crippen LogP contribution in [-0.2, 0) is 0 Å². The first kappa shape index (κ1) is 82.9. The molecule has 0 N–H and O–H groups in total. The Bertz CT molecular complexity index is 5680. The largest absolute Gasteiger partial charge is 0.472 e. The van der Waals surface area contributed by atoms with Crippen LogP contribution in [0.15, 0.2) is 195 Å². The molecule has 8 aliphatic rings. The number of carbonyl (C=O) groups is 4. The normalized spacial score (nSPS) is 22.0. The van der Waals surface area contributed by atoms with Gasteiger partial charge in [-0.2, -0.15) is 0 Å². The quantitative estimate of drug-likeness (QED) is 0.0813. The first-order valence-electron chi connectivity index (χ1n) is 41.9. The molecule has 8 fully saturated rings. The molecular formula is C96H92F4N16O8. The summed E-state index contributed by atoms with van der Waals surface area (Å²) in [7, 11) is 0. The van der Waals surface area contributed by atoms with E-state index in [2.05, 4.69) is 59.8 Å². The van der Waals surface area contributed by atoms with Crippen molar-refractivity contribution in [2.24, 2.45) is 23.7 Å². The van der Waals surface area contributed by atoms with Crippen LogP contribution in [0.5, 0.6) is 23.5 Å². The van der Waals surface area contributed by atoms with Gasteiger partial charge in [-0.1, -0.05) is 24.3 Å². The molecule has 0 spiro atoms. The number of fused-ring (bicyclic) bond motifs is 8. The molecule has 8 bridgehead atoms. The molecule has 12 unspecified atom stereocenters. The van der Waals surface area contributed by atoms with Gasteiger partial charge in [0.25, 0.3) is 23.6 Å². The number of rotatable bonds is 16. The smallest absolute Gasteiger partial charge is 0.273 e. The number of nitrogens with zero attached hydrogens (tertiary/aromatic N) is 16. The molecule has 124 heavy (non-hydrogen) atoms. The van der Waals surface area contributed by atoms with Crippen LogP contribution in [-0.4, -0.2) is 178 Å². The Balaban J connectivity index is 0.000000117. The van der Waals surface area contributed by atoms with Crippen LogP contribution >= 0.6 is 0 Å². The first-order valence-corrected chi connectivity index (χ1v) is 41.9. The van der Waals surface area contributed by atoms with Crippen molar-refractivity contribution < 1.29 is 55.7 Å². The summed E-state index contributed by atoms with van der Waals surface area (Å²) in [6.45, 7) is 17.9. The summed E-state index contributed by atoms with van der Waals surface area (Å²) in [6, 6.07) is 37.1. The van der Waals surface area contributed by atoms with Crippen LogP contribution in [0, 0.1) is 102 Å². The van der Waals surface area contributed by atoms with E-state index in [4.69, 9.17) is 18.9 Å². The van der Waals surface area contributed by atoms with E-state index in [-0.39, 0.29) is 118 Å². The molecule has 4 aliphatic heterocycles. The first-order chi connectivity index (χ1) is 60.0. The van der Waals surface area contributed by atoms with Gasteiger partial charge in [0.2, 0.25) is 23.5 Å². The van der Waals surface area contributed by atoms with E-state index in [1.165, 1.54) is 73.3 Å². The van der Waals surface area contributed by atoms with E-state index in [0.29, 0.717) is 107 Å². The third-order valence-electron chi connectivity index (χ3n) is 24.5. The number of likely N-dealkylation sites (tertiary alicyclic amines) is 4. The maximum atomic E-state index is 14.5. The van der Waals surface area contributed by atoms with Crippen molar-refractivity contribution in [2.45, 2.75) is 155 Å². The minimum atomic E-state index is -0.498. The number of ether oxygens (including phenoxy) is 4. The predicted octanol–water partition coefficient (Wildman–Crippen LogP) is 15.9. The molecule has 24 nitrogen and oxygen atoms in total. The van der Waals surface area contributed by atoms with Gasteiger partial charge >= 0.3 is 0 Å². The molecule has 0 aromatic carbocycles. The van der Waals surface area contributed by atoms with Gasteiger partial charge in [0.15, 0.2) is 11.6 Å². The van der Waals surface area contributed by atoms with E-state index in [9.17, 15) is 36.7 Å². The molecule has 4 saturated heterocycles. The Hall–Kier alpha value is -13.4. The molecule has 4 amide bonds. The van der Waals surface area contributed by atoms with Crippen LogP contribution < -0.4 is 18.9 Å². The molecule has 16 heterocycles. The SMILES string of the molecule is Cc1ccc(OC2CC3CC2N(C(=O)c2cc(C)cnc2-c2ncccc2F)C3)nc1.Cc1ccc(OC2CC3CC2N(C(=O)c2ccc(C)nc2-c2ncccc2F)C3)nc1.Cc1ccc(OC2CC3CC2N(C(=O)c2nc(C)ccc2-c2ncccc2F)C3)nc1.Cc1ccc(OC2CC3CC2N(C(=O)c2nccc(C)c2-c2ncccc2F)C3)nc1. The molecule has 12 aromatic rings. The standard InChI is InChI=1S/4C24H23FN4O2/c1-14-5-8-21(27-12-14)31-20-11-16-10-19(20)29(13-16)24(30)17-7-6-15(2)28-22(17)23-18(25)4-3-9-26-23;1-14-5-8-21(27-12-14)31-20-11-16-10-19(20)29(13-16)24(30)23-17(7-6-15(2)28-23)22-18(25)4-3-9-26-22;1-14-5-6-20(28-12-14)31-19-11-16-10-18(19)29(13-16)24(30)23-21(15(2)7-9-27-23)22-17(25)4-3-8-26-22;1-14-5-6-21(27-11-14)31-20-10-16-9-19(20)29(13-16)24(30)17-8-15(2)12-28-22(17)23-18(25)4-3-7-26-23/h2*3-9,12,16,19-20H,10-11,13H2,1-2H3;3-9,12,16,18-19H,10-11,13H2,1-2H3;3-8,11-12,16,19-20H,9-10,13H2,1-2H3. The molecule has 632 valence electrons. The summed E-state index contributed by atoms with van der Waals surface area (Å²) in [5.41, 5.74) is 10.4. The maximum Gasteiger partial charge on any atom is 0.273 e. The molecule has 4 aliphatic carbocycles.